The molecule has 0 radical (unpaired) electrons. The number of benzene rings is 1. The SMILES string of the molecule is SCCCNc1ccc2nc[nH]c2c1. The summed E-state index contributed by atoms with van der Waals surface area (Å²) in [5.74, 6) is 0.916. The number of fused-ring (bicyclic) bond motifs is 1. The maximum absolute atomic E-state index is 4.16. The quantitative estimate of drug-likeness (QED) is 0.532. The predicted molar refractivity (Wildman–Crippen MR) is 63.1 cm³/mol. The molecule has 0 amide bonds. The van der Waals surface area contributed by atoms with Crippen LogP contribution in [0.4, 0.5) is 5.69 Å². The molecule has 3 nitrogen and oxygen atoms in total. The van der Waals surface area contributed by atoms with Crippen molar-refractivity contribution >= 4 is 29.3 Å². The minimum atomic E-state index is 0.916. The second-order valence-electron chi connectivity index (χ2n) is 3.14. The van der Waals surface area contributed by atoms with Crippen molar-refractivity contribution in [2.75, 3.05) is 17.6 Å². The Labute approximate surface area is 88.3 Å². The van der Waals surface area contributed by atoms with E-state index in [2.05, 4.69) is 34.0 Å². The van der Waals surface area contributed by atoms with Crippen LogP contribution < -0.4 is 5.32 Å². The van der Waals surface area contributed by atoms with Gasteiger partial charge in [-0.3, -0.25) is 0 Å². The van der Waals surface area contributed by atoms with Gasteiger partial charge in [-0.05, 0) is 30.4 Å². The van der Waals surface area contributed by atoms with Crippen LogP contribution in [-0.4, -0.2) is 22.3 Å². The Morgan fingerprint density at radius 1 is 1.43 bits per heavy atom. The van der Waals surface area contributed by atoms with Crippen LogP contribution in [0.2, 0.25) is 0 Å². The van der Waals surface area contributed by atoms with Gasteiger partial charge in [-0.25, -0.2) is 4.98 Å². The van der Waals surface area contributed by atoms with Gasteiger partial charge in [-0.15, -0.1) is 0 Å². The molecule has 2 aromatic rings. The van der Waals surface area contributed by atoms with Crippen molar-refractivity contribution in [3.63, 3.8) is 0 Å². The lowest BCUT2D eigenvalue weighted by Crippen LogP contribution is -2.01. The lowest BCUT2D eigenvalue weighted by Gasteiger charge is -2.04. The van der Waals surface area contributed by atoms with Crippen LogP contribution >= 0.6 is 12.6 Å². The molecule has 0 unspecified atom stereocenters. The molecule has 0 aliphatic heterocycles. The maximum Gasteiger partial charge on any atom is 0.0931 e. The summed E-state index contributed by atoms with van der Waals surface area (Å²) in [6.45, 7) is 0.961. The van der Waals surface area contributed by atoms with Crippen LogP contribution in [0.15, 0.2) is 24.5 Å². The second kappa shape index (κ2) is 4.37. The van der Waals surface area contributed by atoms with Crippen molar-refractivity contribution in [1.82, 2.24) is 9.97 Å². The highest BCUT2D eigenvalue weighted by atomic mass is 32.1. The average Bonchev–Trinajstić information content (AvgIpc) is 2.65. The molecule has 2 N–H and O–H groups in total. The van der Waals surface area contributed by atoms with E-state index in [1.54, 1.807) is 6.33 Å². The molecule has 0 spiro atoms. The van der Waals surface area contributed by atoms with Gasteiger partial charge in [0.25, 0.3) is 0 Å². The van der Waals surface area contributed by atoms with Gasteiger partial charge in [-0.1, -0.05) is 0 Å². The summed E-state index contributed by atoms with van der Waals surface area (Å²) in [4.78, 5) is 7.24. The Bertz CT molecular complexity index is 410. The van der Waals surface area contributed by atoms with E-state index in [0.29, 0.717) is 0 Å². The molecule has 0 saturated heterocycles. The molecule has 2 rings (SSSR count). The highest BCUT2D eigenvalue weighted by molar-refractivity contribution is 7.80. The van der Waals surface area contributed by atoms with Gasteiger partial charge in [0.1, 0.15) is 0 Å². The zero-order valence-corrected chi connectivity index (χ0v) is 8.72. The highest BCUT2D eigenvalue weighted by Crippen LogP contribution is 2.15. The number of anilines is 1. The van der Waals surface area contributed by atoms with E-state index < -0.39 is 0 Å². The number of hydrogen-bond donors (Lipinski definition) is 3. The van der Waals surface area contributed by atoms with Crippen LogP contribution in [0.25, 0.3) is 11.0 Å². The summed E-state index contributed by atoms with van der Waals surface area (Å²) in [6, 6.07) is 6.12. The molecule has 1 aromatic heterocycles. The fraction of sp³-hybridized carbons (Fsp3) is 0.300. The maximum atomic E-state index is 4.16. The Morgan fingerprint density at radius 2 is 2.36 bits per heavy atom. The lowest BCUT2D eigenvalue weighted by atomic mass is 10.2. The monoisotopic (exact) mass is 207 g/mol. The number of rotatable bonds is 4. The molecule has 0 aliphatic carbocycles. The third kappa shape index (κ3) is 2.01. The minimum Gasteiger partial charge on any atom is -0.385 e. The number of nitrogens with zero attached hydrogens (tertiary/aromatic N) is 1. The van der Waals surface area contributed by atoms with Crippen molar-refractivity contribution < 1.29 is 0 Å². The summed E-state index contributed by atoms with van der Waals surface area (Å²) >= 11 is 4.16. The molecular weight excluding hydrogens is 194 g/mol. The Kier molecular flexibility index (Phi) is 2.93. The third-order valence-corrected chi connectivity index (χ3v) is 2.40. The van der Waals surface area contributed by atoms with Crippen molar-refractivity contribution in [1.29, 1.82) is 0 Å². The van der Waals surface area contributed by atoms with Gasteiger partial charge in [0.2, 0.25) is 0 Å². The smallest absolute Gasteiger partial charge is 0.0931 e. The number of aromatic nitrogens is 2. The first-order valence-electron chi connectivity index (χ1n) is 4.68. The van der Waals surface area contributed by atoms with Crippen LogP contribution in [0.1, 0.15) is 6.42 Å². The van der Waals surface area contributed by atoms with Crippen molar-refractivity contribution in [2.45, 2.75) is 6.42 Å². The molecule has 0 bridgehead atoms. The van der Waals surface area contributed by atoms with Crippen LogP contribution in [0, 0.1) is 0 Å². The summed E-state index contributed by atoms with van der Waals surface area (Å²) in [5, 5.41) is 3.33. The predicted octanol–water partition coefficient (Wildman–Crippen LogP) is 2.29. The van der Waals surface area contributed by atoms with Crippen molar-refractivity contribution in [2.24, 2.45) is 0 Å². The molecule has 1 aromatic carbocycles. The fourth-order valence-corrected chi connectivity index (χ4v) is 1.52. The minimum absolute atomic E-state index is 0.916. The molecule has 14 heavy (non-hydrogen) atoms. The Morgan fingerprint density at radius 3 is 3.21 bits per heavy atom. The van der Waals surface area contributed by atoms with Gasteiger partial charge in [0.15, 0.2) is 0 Å². The molecule has 0 atom stereocenters. The van der Waals surface area contributed by atoms with Gasteiger partial charge in [-0.2, -0.15) is 12.6 Å². The third-order valence-electron chi connectivity index (χ3n) is 2.08. The first kappa shape index (κ1) is 9.40. The van der Waals surface area contributed by atoms with E-state index in [0.717, 1.165) is 35.4 Å². The van der Waals surface area contributed by atoms with Gasteiger partial charge in [0, 0.05) is 12.2 Å². The standard InChI is InChI=1S/C10H13N3S/c14-5-1-4-11-8-2-3-9-10(6-8)13-7-12-9/h2-3,6-7,11,14H,1,4-5H2,(H,12,13). The van der Waals surface area contributed by atoms with Gasteiger partial charge >= 0.3 is 0 Å². The fourth-order valence-electron chi connectivity index (χ4n) is 1.36. The topological polar surface area (TPSA) is 40.7 Å². The number of hydrogen-bond acceptors (Lipinski definition) is 3. The average molecular weight is 207 g/mol. The van der Waals surface area contributed by atoms with Crippen LogP contribution in [0.5, 0.6) is 0 Å². The number of nitrogens with one attached hydrogen (secondary N) is 2. The van der Waals surface area contributed by atoms with E-state index in [4.69, 9.17) is 0 Å². The van der Waals surface area contributed by atoms with E-state index in [9.17, 15) is 0 Å². The molecule has 0 saturated carbocycles. The Balaban J connectivity index is 2.10. The van der Waals surface area contributed by atoms with Crippen molar-refractivity contribution in [3.8, 4) is 0 Å². The summed E-state index contributed by atoms with van der Waals surface area (Å²) in [7, 11) is 0. The molecule has 0 aliphatic rings. The lowest BCUT2D eigenvalue weighted by molar-refractivity contribution is 0.996. The van der Waals surface area contributed by atoms with E-state index >= 15 is 0 Å². The first-order chi connectivity index (χ1) is 6.90. The van der Waals surface area contributed by atoms with E-state index in [-0.39, 0.29) is 0 Å². The number of aromatic amines is 1. The second-order valence-corrected chi connectivity index (χ2v) is 3.59. The van der Waals surface area contributed by atoms with Crippen LogP contribution in [0.3, 0.4) is 0 Å². The van der Waals surface area contributed by atoms with E-state index in [1.165, 1.54) is 0 Å². The molecular formula is C10H13N3S. The molecule has 4 heteroatoms. The highest BCUT2D eigenvalue weighted by Gasteiger charge is 1.96. The molecule has 74 valence electrons. The summed E-state index contributed by atoms with van der Waals surface area (Å²) in [5.41, 5.74) is 3.20. The van der Waals surface area contributed by atoms with Crippen molar-refractivity contribution in [3.05, 3.63) is 24.5 Å². The normalized spacial score (nSPS) is 10.6. The largest absolute Gasteiger partial charge is 0.385 e. The van der Waals surface area contributed by atoms with E-state index in [1.807, 2.05) is 12.1 Å². The number of imidazole rings is 1. The Hall–Kier alpha value is -1.16. The van der Waals surface area contributed by atoms with Crippen LogP contribution in [-0.2, 0) is 0 Å². The molecule has 0 fully saturated rings. The number of thiol groups is 1. The number of H-pyrrole nitrogens is 1. The summed E-state index contributed by atoms with van der Waals surface area (Å²) < 4.78 is 0. The zero-order valence-electron chi connectivity index (χ0n) is 7.83. The van der Waals surface area contributed by atoms with Gasteiger partial charge in [0.05, 0.1) is 17.4 Å². The van der Waals surface area contributed by atoms with Gasteiger partial charge < -0.3 is 10.3 Å². The first-order valence-corrected chi connectivity index (χ1v) is 5.31. The molecule has 1 heterocycles. The summed E-state index contributed by atoms with van der Waals surface area (Å²) in [6.07, 6.45) is 2.78. The zero-order chi connectivity index (χ0) is 9.80.